The Balaban J connectivity index is 2.38. The molecule has 1 aliphatic heterocycles. The Morgan fingerprint density at radius 1 is 1.29 bits per heavy atom. The van der Waals surface area contributed by atoms with Gasteiger partial charge < -0.3 is 10.0 Å². The van der Waals surface area contributed by atoms with Crippen LogP contribution in [-0.2, 0) is 5.41 Å². The number of para-hydroxylation sites is 1. The predicted octanol–water partition coefficient (Wildman–Crippen LogP) is 2.95. The molecule has 0 radical (unpaired) electrons. The Labute approximate surface area is 104 Å². The van der Waals surface area contributed by atoms with Crippen molar-refractivity contribution in [3.63, 3.8) is 0 Å². The lowest BCUT2D eigenvalue weighted by Crippen LogP contribution is -2.34. The van der Waals surface area contributed by atoms with E-state index >= 15 is 0 Å². The molecule has 1 aromatic carbocycles. The summed E-state index contributed by atoms with van der Waals surface area (Å²) in [7, 11) is 0. The average Bonchev–Trinajstić information content (AvgIpc) is 2.75. The topological polar surface area (TPSA) is 23.5 Å². The molecule has 17 heavy (non-hydrogen) atoms. The molecule has 1 atom stereocenters. The smallest absolute Gasteiger partial charge is 0.0635 e. The van der Waals surface area contributed by atoms with Gasteiger partial charge in [-0.2, -0.15) is 0 Å². The van der Waals surface area contributed by atoms with Crippen LogP contribution in [0.2, 0.25) is 0 Å². The van der Waals surface area contributed by atoms with Crippen molar-refractivity contribution in [1.82, 2.24) is 0 Å². The van der Waals surface area contributed by atoms with Gasteiger partial charge in [-0.1, -0.05) is 39.0 Å². The molecule has 0 aromatic heterocycles. The minimum Gasteiger partial charge on any atom is -0.394 e. The number of anilines is 1. The fourth-order valence-corrected chi connectivity index (χ4v) is 2.70. The highest BCUT2D eigenvalue weighted by Crippen LogP contribution is 2.35. The lowest BCUT2D eigenvalue weighted by molar-refractivity contribution is 0.266. The third-order valence-electron chi connectivity index (χ3n) is 3.61. The molecule has 2 heteroatoms. The lowest BCUT2D eigenvalue weighted by atomic mass is 9.85. The van der Waals surface area contributed by atoms with E-state index in [0.717, 1.165) is 13.0 Å². The molecule has 1 heterocycles. The summed E-state index contributed by atoms with van der Waals surface area (Å²) >= 11 is 0. The molecular formula is C15H23NO. The third-order valence-corrected chi connectivity index (χ3v) is 3.61. The van der Waals surface area contributed by atoms with Crippen LogP contribution >= 0.6 is 0 Å². The van der Waals surface area contributed by atoms with Gasteiger partial charge in [-0.15, -0.1) is 0 Å². The number of nitrogens with zero attached hydrogens (tertiary/aromatic N) is 1. The maximum Gasteiger partial charge on any atom is 0.0635 e. The molecule has 0 saturated carbocycles. The van der Waals surface area contributed by atoms with Crippen molar-refractivity contribution in [3.8, 4) is 0 Å². The summed E-state index contributed by atoms with van der Waals surface area (Å²) in [6.07, 6.45) is 2.29. The maximum absolute atomic E-state index is 9.45. The molecule has 0 unspecified atom stereocenters. The van der Waals surface area contributed by atoms with Crippen LogP contribution in [0.4, 0.5) is 5.69 Å². The van der Waals surface area contributed by atoms with Gasteiger partial charge in [0, 0.05) is 12.2 Å². The van der Waals surface area contributed by atoms with Crippen LogP contribution < -0.4 is 4.90 Å². The molecular weight excluding hydrogens is 210 g/mol. The van der Waals surface area contributed by atoms with E-state index in [1.807, 2.05) is 0 Å². The second-order valence-electron chi connectivity index (χ2n) is 5.94. The SMILES string of the molecule is CC(C)(C)c1ccccc1N1CCC[C@H]1CO. The Morgan fingerprint density at radius 2 is 2.00 bits per heavy atom. The number of benzene rings is 1. The average molecular weight is 233 g/mol. The van der Waals surface area contributed by atoms with Crippen LogP contribution in [0.15, 0.2) is 24.3 Å². The second kappa shape index (κ2) is 4.69. The Kier molecular flexibility index (Phi) is 3.43. The normalized spacial score (nSPS) is 20.9. The fraction of sp³-hybridized carbons (Fsp3) is 0.600. The van der Waals surface area contributed by atoms with Gasteiger partial charge in [0.15, 0.2) is 0 Å². The van der Waals surface area contributed by atoms with Crippen molar-refractivity contribution in [2.45, 2.75) is 45.1 Å². The molecule has 1 aliphatic rings. The van der Waals surface area contributed by atoms with Crippen molar-refractivity contribution >= 4 is 5.69 Å². The molecule has 2 nitrogen and oxygen atoms in total. The van der Waals surface area contributed by atoms with E-state index in [1.165, 1.54) is 17.7 Å². The molecule has 1 aromatic rings. The Hall–Kier alpha value is -1.02. The van der Waals surface area contributed by atoms with Crippen molar-refractivity contribution in [3.05, 3.63) is 29.8 Å². The minimum atomic E-state index is 0.152. The minimum absolute atomic E-state index is 0.152. The molecule has 1 N–H and O–H groups in total. The van der Waals surface area contributed by atoms with Crippen LogP contribution in [0, 0.1) is 0 Å². The van der Waals surface area contributed by atoms with Crippen molar-refractivity contribution in [1.29, 1.82) is 0 Å². The zero-order chi connectivity index (χ0) is 12.5. The van der Waals surface area contributed by atoms with Gasteiger partial charge in [0.2, 0.25) is 0 Å². The molecule has 0 amide bonds. The summed E-state index contributed by atoms with van der Waals surface area (Å²) in [5.41, 5.74) is 2.83. The summed E-state index contributed by atoms with van der Waals surface area (Å²) in [5.74, 6) is 0. The Morgan fingerprint density at radius 3 is 2.65 bits per heavy atom. The molecule has 94 valence electrons. The van der Waals surface area contributed by atoms with Gasteiger partial charge in [0.25, 0.3) is 0 Å². The van der Waals surface area contributed by atoms with Crippen LogP contribution in [0.5, 0.6) is 0 Å². The van der Waals surface area contributed by atoms with Gasteiger partial charge in [-0.3, -0.25) is 0 Å². The van der Waals surface area contributed by atoms with Gasteiger partial charge >= 0.3 is 0 Å². The fourth-order valence-electron chi connectivity index (χ4n) is 2.70. The molecule has 1 saturated heterocycles. The molecule has 2 rings (SSSR count). The van der Waals surface area contributed by atoms with E-state index in [2.05, 4.69) is 49.9 Å². The van der Waals surface area contributed by atoms with Gasteiger partial charge in [0.05, 0.1) is 12.6 Å². The van der Waals surface area contributed by atoms with Crippen LogP contribution in [-0.4, -0.2) is 24.3 Å². The lowest BCUT2D eigenvalue weighted by Gasteiger charge is -2.32. The van der Waals surface area contributed by atoms with Crippen LogP contribution in [0.3, 0.4) is 0 Å². The molecule has 1 fully saturated rings. The first kappa shape index (κ1) is 12.4. The summed E-state index contributed by atoms with van der Waals surface area (Å²) in [5, 5.41) is 9.45. The standard InChI is InChI=1S/C15H23NO/c1-15(2,3)13-8-4-5-9-14(13)16-10-6-7-12(16)11-17/h4-5,8-9,12,17H,6-7,10-11H2,1-3H3/t12-/m0/s1. The van der Waals surface area contributed by atoms with E-state index in [4.69, 9.17) is 0 Å². The van der Waals surface area contributed by atoms with E-state index in [9.17, 15) is 5.11 Å². The van der Waals surface area contributed by atoms with Gasteiger partial charge in [-0.05, 0) is 29.9 Å². The maximum atomic E-state index is 9.45. The zero-order valence-electron chi connectivity index (χ0n) is 11.1. The van der Waals surface area contributed by atoms with Crippen molar-refractivity contribution < 1.29 is 5.11 Å². The largest absolute Gasteiger partial charge is 0.394 e. The second-order valence-corrected chi connectivity index (χ2v) is 5.94. The summed E-state index contributed by atoms with van der Waals surface area (Å²) in [6, 6.07) is 8.90. The highest BCUT2D eigenvalue weighted by molar-refractivity contribution is 5.57. The van der Waals surface area contributed by atoms with E-state index in [-0.39, 0.29) is 12.0 Å². The summed E-state index contributed by atoms with van der Waals surface area (Å²) < 4.78 is 0. The van der Waals surface area contributed by atoms with Crippen molar-refractivity contribution in [2.24, 2.45) is 0 Å². The quantitative estimate of drug-likeness (QED) is 0.849. The number of aliphatic hydroxyl groups is 1. The first-order valence-electron chi connectivity index (χ1n) is 6.51. The first-order chi connectivity index (χ1) is 8.04. The molecule has 0 spiro atoms. The molecule has 0 bridgehead atoms. The monoisotopic (exact) mass is 233 g/mol. The van der Waals surface area contributed by atoms with Crippen LogP contribution in [0.25, 0.3) is 0 Å². The number of aliphatic hydroxyl groups excluding tert-OH is 1. The predicted molar refractivity (Wildman–Crippen MR) is 72.6 cm³/mol. The van der Waals surface area contributed by atoms with E-state index in [0.29, 0.717) is 6.04 Å². The van der Waals surface area contributed by atoms with E-state index < -0.39 is 0 Å². The third kappa shape index (κ3) is 2.47. The van der Waals surface area contributed by atoms with Gasteiger partial charge in [0.1, 0.15) is 0 Å². The zero-order valence-corrected chi connectivity index (χ0v) is 11.1. The van der Waals surface area contributed by atoms with Crippen LogP contribution in [0.1, 0.15) is 39.2 Å². The number of rotatable bonds is 2. The highest BCUT2D eigenvalue weighted by Gasteiger charge is 2.28. The van der Waals surface area contributed by atoms with E-state index in [1.54, 1.807) is 0 Å². The summed E-state index contributed by atoms with van der Waals surface area (Å²) in [4.78, 5) is 2.38. The number of hydrogen-bond donors (Lipinski definition) is 1. The first-order valence-corrected chi connectivity index (χ1v) is 6.51. The van der Waals surface area contributed by atoms with Crippen molar-refractivity contribution in [2.75, 3.05) is 18.1 Å². The van der Waals surface area contributed by atoms with Gasteiger partial charge in [-0.25, -0.2) is 0 Å². The summed E-state index contributed by atoms with van der Waals surface area (Å²) in [6.45, 7) is 8.07. The molecule has 0 aliphatic carbocycles. The number of hydrogen-bond acceptors (Lipinski definition) is 2. The Bertz CT molecular complexity index is 381. The highest BCUT2D eigenvalue weighted by atomic mass is 16.3.